The molecule has 14 heavy (non-hydrogen) atoms. The SMILES string of the molecule is CSCC(C)N(C)S(=O)(=O)C(C)C#N. The molecule has 0 aromatic carbocycles. The van der Waals surface area contributed by atoms with Gasteiger partial charge in [0.2, 0.25) is 10.0 Å². The number of sulfonamides is 1. The van der Waals surface area contributed by atoms with Crippen molar-refractivity contribution >= 4 is 21.8 Å². The number of hydrogen-bond donors (Lipinski definition) is 0. The Kier molecular flexibility index (Phi) is 5.49. The van der Waals surface area contributed by atoms with E-state index < -0.39 is 15.3 Å². The number of thioether (sulfide) groups is 1. The first-order chi connectivity index (χ1) is 6.37. The van der Waals surface area contributed by atoms with E-state index in [4.69, 9.17) is 5.26 Å². The van der Waals surface area contributed by atoms with Crippen LogP contribution in [0.2, 0.25) is 0 Å². The Morgan fingerprint density at radius 1 is 1.50 bits per heavy atom. The van der Waals surface area contributed by atoms with Crippen LogP contribution in [0, 0.1) is 11.3 Å². The number of hydrogen-bond acceptors (Lipinski definition) is 4. The summed E-state index contributed by atoms with van der Waals surface area (Å²) in [5, 5.41) is 7.59. The molecule has 0 aromatic heterocycles. The Labute approximate surface area is 90.3 Å². The Morgan fingerprint density at radius 2 is 2.00 bits per heavy atom. The van der Waals surface area contributed by atoms with Crippen LogP contribution in [0.1, 0.15) is 13.8 Å². The van der Waals surface area contributed by atoms with E-state index in [1.54, 1.807) is 17.8 Å². The summed E-state index contributed by atoms with van der Waals surface area (Å²) in [6.07, 6.45) is 1.92. The predicted molar refractivity (Wildman–Crippen MR) is 59.6 cm³/mol. The van der Waals surface area contributed by atoms with E-state index in [1.165, 1.54) is 18.3 Å². The summed E-state index contributed by atoms with van der Waals surface area (Å²) in [4.78, 5) is 0. The minimum atomic E-state index is -3.45. The lowest BCUT2D eigenvalue weighted by atomic mass is 10.4. The minimum Gasteiger partial charge on any atom is -0.211 e. The molecule has 0 saturated carbocycles. The standard InChI is InChI=1S/C8H16N2O2S2/c1-7(6-13-4)10(3)14(11,12)8(2)5-9/h7-8H,6H2,1-4H3. The average molecular weight is 236 g/mol. The molecule has 2 unspecified atom stereocenters. The molecule has 0 aromatic rings. The van der Waals surface area contributed by atoms with Gasteiger partial charge in [0.1, 0.15) is 0 Å². The fourth-order valence-corrected chi connectivity index (χ4v) is 2.92. The van der Waals surface area contributed by atoms with Crippen molar-refractivity contribution in [3.8, 4) is 6.07 Å². The van der Waals surface area contributed by atoms with E-state index in [1.807, 2.05) is 13.2 Å². The van der Waals surface area contributed by atoms with Gasteiger partial charge in [-0.3, -0.25) is 0 Å². The molecule has 0 rings (SSSR count). The third kappa shape index (κ3) is 3.15. The number of nitrogens with zero attached hydrogens (tertiary/aromatic N) is 2. The highest BCUT2D eigenvalue weighted by atomic mass is 32.2. The number of rotatable bonds is 5. The van der Waals surface area contributed by atoms with E-state index in [-0.39, 0.29) is 6.04 Å². The van der Waals surface area contributed by atoms with Crippen LogP contribution in [0.4, 0.5) is 0 Å². The molecule has 0 heterocycles. The van der Waals surface area contributed by atoms with Gasteiger partial charge in [-0.1, -0.05) is 0 Å². The molecule has 2 atom stereocenters. The van der Waals surface area contributed by atoms with Gasteiger partial charge in [-0.2, -0.15) is 17.0 Å². The van der Waals surface area contributed by atoms with E-state index in [0.29, 0.717) is 0 Å². The summed E-state index contributed by atoms with van der Waals surface area (Å²) in [6.45, 7) is 3.23. The summed E-state index contributed by atoms with van der Waals surface area (Å²) in [5.74, 6) is 0.730. The summed E-state index contributed by atoms with van der Waals surface area (Å²) >= 11 is 1.58. The van der Waals surface area contributed by atoms with Gasteiger partial charge in [-0.25, -0.2) is 12.7 Å². The fourth-order valence-electron chi connectivity index (χ4n) is 0.913. The van der Waals surface area contributed by atoms with Crippen molar-refractivity contribution in [1.82, 2.24) is 4.31 Å². The summed E-state index contributed by atoms with van der Waals surface area (Å²) in [6, 6.07) is 1.67. The highest BCUT2D eigenvalue weighted by Crippen LogP contribution is 2.12. The van der Waals surface area contributed by atoms with Crippen molar-refractivity contribution in [3.63, 3.8) is 0 Å². The van der Waals surface area contributed by atoms with Crippen LogP contribution < -0.4 is 0 Å². The number of nitriles is 1. The van der Waals surface area contributed by atoms with Gasteiger partial charge in [0.25, 0.3) is 0 Å². The minimum absolute atomic E-state index is 0.0780. The second-order valence-electron chi connectivity index (χ2n) is 3.14. The lowest BCUT2D eigenvalue weighted by Crippen LogP contribution is -2.41. The molecule has 0 radical (unpaired) electrons. The van der Waals surface area contributed by atoms with Gasteiger partial charge in [-0.15, -0.1) is 0 Å². The smallest absolute Gasteiger partial charge is 0.211 e. The third-order valence-electron chi connectivity index (χ3n) is 2.06. The normalized spacial score (nSPS) is 16.3. The van der Waals surface area contributed by atoms with Crippen LogP contribution in [-0.2, 0) is 10.0 Å². The zero-order valence-corrected chi connectivity index (χ0v) is 10.5. The first-order valence-electron chi connectivity index (χ1n) is 4.23. The molecule has 82 valence electrons. The Balaban J connectivity index is 4.69. The van der Waals surface area contributed by atoms with E-state index >= 15 is 0 Å². The van der Waals surface area contributed by atoms with Crippen molar-refractivity contribution in [2.75, 3.05) is 19.1 Å². The molecule has 4 nitrogen and oxygen atoms in total. The van der Waals surface area contributed by atoms with Crippen molar-refractivity contribution < 1.29 is 8.42 Å². The van der Waals surface area contributed by atoms with Crippen LogP contribution in [-0.4, -0.2) is 43.1 Å². The molecular weight excluding hydrogens is 220 g/mol. The van der Waals surface area contributed by atoms with Crippen molar-refractivity contribution in [2.45, 2.75) is 25.1 Å². The Hall–Kier alpha value is -0.250. The van der Waals surface area contributed by atoms with Gasteiger partial charge < -0.3 is 0 Å². The van der Waals surface area contributed by atoms with Crippen LogP contribution in [0.15, 0.2) is 0 Å². The van der Waals surface area contributed by atoms with Gasteiger partial charge in [-0.05, 0) is 20.1 Å². The maximum absolute atomic E-state index is 11.7. The van der Waals surface area contributed by atoms with Gasteiger partial charge >= 0.3 is 0 Å². The van der Waals surface area contributed by atoms with Crippen molar-refractivity contribution in [1.29, 1.82) is 5.26 Å². The van der Waals surface area contributed by atoms with Crippen molar-refractivity contribution in [2.24, 2.45) is 0 Å². The summed E-state index contributed by atoms with van der Waals surface area (Å²) < 4.78 is 24.6. The monoisotopic (exact) mass is 236 g/mol. The van der Waals surface area contributed by atoms with Crippen LogP contribution in [0.25, 0.3) is 0 Å². The Morgan fingerprint density at radius 3 is 2.36 bits per heavy atom. The second kappa shape index (κ2) is 5.59. The lowest BCUT2D eigenvalue weighted by Gasteiger charge is -2.24. The summed E-state index contributed by atoms with van der Waals surface area (Å²) in [7, 11) is -1.93. The summed E-state index contributed by atoms with van der Waals surface area (Å²) in [5.41, 5.74) is 0. The highest BCUT2D eigenvalue weighted by Gasteiger charge is 2.28. The second-order valence-corrected chi connectivity index (χ2v) is 6.36. The molecule has 0 aliphatic carbocycles. The lowest BCUT2D eigenvalue weighted by molar-refractivity contribution is 0.412. The first kappa shape index (κ1) is 13.8. The van der Waals surface area contributed by atoms with Crippen LogP contribution in [0.5, 0.6) is 0 Å². The van der Waals surface area contributed by atoms with Gasteiger partial charge in [0, 0.05) is 18.8 Å². The van der Waals surface area contributed by atoms with Crippen LogP contribution >= 0.6 is 11.8 Å². The Bertz CT molecular complexity index is 308. The zero-order valence-electron chi connectivity index (χ0n) is 8.89. The molecular formula is C8H16N2O2S2. The molecule has 0 aliphatic heterocycles. The molecule has 0 bridgehead atoms. The average Bonchev–Trinajstić information content (AvgIpc) is 2.15. The molecule has 0 spiro atoms. The fraction of sp³-hybridized carbons (Fsp3) is 0.875. The maximum Gasteiger partial charge on any atom is 0.230 e. The molecule has 6 heteroatoms. The molecule has 0 N–H and O–H groups in total. The van der Waals surface area contributed by atoms with Crippen molar-refractivity contribution in [3.05, 3.63) is 0 Å². The van der Waals surface area contributed by atoms with E-state index in [0.717, 1.165) is 5.75 Å². The zero-order chi connectivity index (χ0) is 11.4. The third-order valence-corrected chi connectivity index (χ3v) is 5.04. The molecule has 0 amide bonds. The predicted octanol–water partition coefficient (Wildman–Crippen LogP) is 0.912. The van der Waals surface area contributed by atoms with Gasteiger partial charge in [0.05, 0.1) is 6.07 Å². The quantitative estimate of drug-likeness (QED) is 0.712. The topological polar surface area (TPSA) is 61.2 Å². The van der Waals surface area contributed by atoms with E-state index in [9.17, 15) is 8.42 Å². The first-order valence-corrected chi connectivity index (χ1v) is 7.13. The molecule has 0 saturated heterocycles. The van der Waals surface area contributed by atoms with E-state index in [2.05, 4.69) is 0 Å². The molecule has 0 fully saturated rings. The van der Waals surface area contributed by atoms with Gasteiger partial charge in [0.15, 0.2) is 5.25 Å². The maximum atomic E-state index is 11.7. The largest absolute Gasteiger partial charge is 0.230 e. The van der Waals surface area contributed by atoms with Crippen LogP contribution in [0.3, 0.4) is 0 Å². The highest BCUT2D eigenvalue weighted by molar-refractivity contribution is 7.98. The molecule has 0 aliphatic rings.